The van der Waals surface area contributed by atoms with Crippen LogP contribution in [-0.2, 0) is 20.9 Å². The lowest BCUT2D eigenvalue weighted by Gasteiger charge is -2.40. The maximum Gasteiger partial charge on any atom is 0.264 e. The number of sulfonamides is 1. The summed E-state index contributed by atoms with van der Waals surface area (Å²) in [7, 11) is -2.42. The summed E-state index contributed by atoms with van der Waals surface area (Å²) in [5.41, 5.74) is 29.1. The second-order valence-corrected chi connectivity index (χ2v) is 20.2. The molecule has 2 saturated carbocycles. The molecule has 0 aromatic heterocycles. The Morgan fingerprint density at radius 2 is 0.917 bits per heavy atom. The van der Waals surface area contributed by atoms with Crippen LogP contribution >= 0.6 is 0 Å². The van der Waals surface area contributed by atoms with Gasteiger partial charge < -0.3 is 16.8 Å². The standard InChI is InChI=1S/C52H64N4O3S/c1-32-23-41(24-33(2)46(32)53)51(19-12-10-13-20-51)43-27-36(5)48(37(6)28-43)55-50(57)40-17-16-18-45(31-40)60(58,59)56(9)49-38(7)29-44(30-39(49)8)52(21-14-11-15-22-52)42-25-34(3)47(54)35(4)26-42/h16-18,23-31H,10-15,19-22,53-54H2,1-9H3,(H,55,57). The van der Waals surface area contributed by atoms with E-state index in [2.05, 4.69) is 81.5 Å². The molecule has 0 heterocycles. The van der Waals surface area contributed by atoms with Gasteiger partial charge in [0.1, 0.15) is 0 Å². The molecule has 5 aromatic rings. The highest BCUT2D eigenvalue weighted by molar-refractivity contribution is 7.92. The molecule has 2 fully saturated rings. The van der Waals surface area contributed by atoms with Crippen LogP contribution in [0.15, 0.2) is 77.7 Å². The number of carbonyl (C=O) groups is 1. The number of nitrogen functional groups attached to an aromatic ring is 2. The van der Waals surface area contributed by atoms with E-state index in [0.29, 0.717) is 5.69 Å². The van der Waals surface area contributed by atoms with Crippen molar-refractivity contribution in [3.8, 4) is 0 Å². The quantitative estimate of drug-likeness (QED) is 0.128. The van der Waals surface area contributed by atoms with Crippen LogP contribution < -0.4 is 21.1 Å². The van der Waals surface area contributed by atoms with Crippen LogP contribution in [0.25, 0.3) is 0 Å². The molecule has 60 heavy (non-hydrogen) atoms. The molecule has 0 atom stereocenters. The van der Waals surface area contributed by atoms with Crippen molar-refractivity contribution in [3.63, 3.8) is 0 Å². The van der Waals surface area contributed by atoms with E-state index >= 15 is 0 Å². The molecule has 0 bridgehead atoms. The molecule has 5 N–H and O–H groups in total. The molecule has 0 spiro atoms. The summed E-state index contributed by atoms with van der Waals surface area (Å²) in [5.74, 6) is -0.353. The second-order valence-electron chi connectivity index (χ2n) is 18.2. The minimum atomic E-state index is -4.03. The number of hydrogen-bond donors (Lipinski definition) is 3. The topological polar surface area (TPSA) is 119 Å². The van der Waals surface area contributed by atoms with Crippen molar-refractivity contribution in [1.29, 1.82) is 0 Å². The molecule has 0 radical (unpaired) electrons. The first-order valence-corrected chi connectivity index (χ1v) is 23.2. The van der Waals surface area contributed by atoms with E-state index in [-0.39, 0.29) is 27.2 Å². The predicted octanol–water partition coefficient (Wildman–Crippen LogP) is 11.9. The van der Waals surface area contributed by atoms with Crippen molar-refractivity contribution in [2.75, 3.05) is 28.1 Å². The van der Waals surface area contributed by atoms with Gasteiger partial charge in [-0.05, 0) is 166 Å². The molecule has 7 nitrogen and oxygen atoms in total. The van der Waals surface area contributed by atoms with Gasteiger partial charge in [-0.1, -0.05) is 93.1 Å². The van der Waals surface area contributed by atoms with Crippen LogP contribution in [0.4, 0.5) is 22.7 Å². The number of nitrogens with zero attached hydrogens (tertiary/aromatic N) is 1. The number of benzene rings is 5. The van der Waals surface area contributed by atoms with Crippen LogP contribution in [0.2, 0.25) is 0 Å². The van der Waals surface area contributed by atoms with Gasteiger partial charge in [-0.25, -0.2) is 8.42 Å². The third-order valence-corrected chi connectivity index (χ3v) is 15.9. The lowest BCUT2D eigenvalue weighted by Crippen LogP contribution is -2.32. The Morgan fingerprint density at radius 1 is 0.550 bits per heavy atom. The minimum Gasteiger partial charge on any atom is -0.398 e. The largest absolute Gasteiger partial charge is 0.398 e. The van der Waals surface area contributed by atoms with Crippen LogP contribution in [0.1, 0.15) is 141 Å². The molecule has 2 aliphatic carbocycles. The zero-order chi connectivity index (χ0) is 43.3. The highest BCUT2D eigenvalue weighted by Crippen LogP contribution is 2.49. The van der Waals surface area contributed by atoms with Gasteiger partial charge in [-0.2, -0.15) is 0 Å². The van der Waals surface area contributed by atoms with Crippen molar-refractivity contribution in [2.45, 2.75) is 135 Å². The minimum absolute atomic E-state index is 0.0641. The summed E-state index contributed by atoms with van der Waals surface area (Å²) in [5, 5.41) is 3.15. The summed E-state index contributed by atoms with van der Waals surface area (Å²) in [6, 6.07) is 24.3. The van der Waals surface area contributed by atoms with E-state index < -0.39 is 10.0 Å². The summed E-state index contributed by atoms with van der Waals surface area (Å²) < 4.78 is 30.2. The lowest BCUT2D eigenvalue weighted by molar-refractivity contribution is 0.102. The fourth-order valence-electron chi connectivity index (χ4n) is 10.7. The molecular weight excluding hydrogens is 761 g/mol. The average molecular weight is 825 g/mol. The van der Waals surface area contributed by atoms with Gasteiger partial charge in [-0.15, -0.1) is 0 Å². The number of amides is 1. The Hall–Kier alpha value is -5.08. The Kier molecular flexibility index (Phi) is 11.8. The van der Waals surface area contributed by atoms with Crippen LogP contribution in [0.3, 0.4) is 0 Å². The molecule has 5 aromatic carbocycles. The molecule has 0 unspecified atom stereocenters. The SMILES string of the molecule is Cc1cc(C2(c3cc(C)c(NC(=O)c4cccc(S(=O)(=O)N(C)c5c(C)cc(C6(c7cc(C)c(N)c(C)c7)CCCCC6)cc5C)c4)c(C)c3)CCCCC2)cc(C)c1N. The molecule has 0 saturated heterocycles. The lowest BCUT2D eigenvalue weighted by atomic mass is 9.64. The first-order chi connectivity index (χ1) is 28.4. The zero-order valence-corrected chi connectivity index (χ0v) is 38.1. The summed E-state index contributed by atoms with van der Waals surface area (Å²) in [6.45, 7) is 16.4. The number of nitrogens with one attached hydrogen (secondary N) is 1. The van der Waals surface area contributed by atoms with E-state index in [1.807, 2.05) is 27.7 Å². The van der Waals surface area contributed by atoms with Crippen LogP contribution in [-0.4, -0.2) is 21.4 Å². The fraction of sp³-hybridized carbons (Fsp3) is 0.404. The molecule has 316 valence electrons. The van der Waals surface area contributed by atoms with Gasteiger partial charge in [0.2, 0.25) is 0 Å². The van der Waals surface area contributed by atoms with E-state index in [0.717, 1.165) is 113 Å². The van der Waals surface area contributed by atoms with Crippen LogP contribution in [0.5, 0.6) is 0 Å². The second kappa shape index (κ2) is 16.4. The highest BCUT2D eigenvalue weighted by Gasteiger charge is 2.39. The third-order valence-electron chi connectivity index (χ3n) is 14.1. The van der Waals surface area contributed by atoms with Crippen molar-refractivity contribution >= 4 is 38.7 Å². The molecule has 7 rings (SSSR count). The average Bonchev–Trinajstić information content (AvgIpc) is 3.22. The van der Waals surface area contributed by atoms with E-state index in [4.69, 9.17) is 11.5 Å². The van der Waals surface area contributed by atoms with Gasteiger partial charge in [0, 0.05) is 40.5 Å². The number of rotatable bonds is 9. The van der Waals surface area contributed by atoms with Crippen molar-refractivity contribution in [3.05, 3.63) is 145 Å². The number of hydrogen-bond acceptors (Lipinski definition) is 5. The van der Waals surface area contributed by atoms with Gasteiger partial charge in [0.25, 0.3) is 15.9 Å². The molecule has 0 aliphatic heterocycles. The smallest absolute Gasteiger partial charge is 0.264 e. The van der Waals surface area contributed by atoms with Crippen molar-refractivity contribution in [1.82, 2.24) is 0 Å². The van der Waals surface area contributed by atoms with Gasteiger partial charge >= 0.3 is 0 Å². The number of nitrogens with two attached hydrogens (primary N) is 2. The van der Waals surface area contributed by atoms with E-state index in [1.54, 1.807) is 25.2 Å². The van der Waals surface area contributed by atoms with Gasteiger partial charge in [-0.3, -0.25) is 9.10 Å². The van der Waals surface area contributed by atoms with E-state index in [1.165, 1.54) is 45.5 Å². The fourth-order valence-corrected chi connectivity index (χ4v) is 12.1. The Balaban J connectivity index is 1.16. The Morgan fingerprint density at radius 3 is 1.32 bits per heavy atom. The molecule has 1 amide bonds. The summed E-state index contributed by atoms with van der Waals surface area (Å²) in [6.07, 6.45) is 11.2. The zero-order valence-electron chi connectivity index (χ0n) is 37.2. The normalized spacial score (nSPS) is 16.4. The molecule has 2 aliphatic rings. The van der Waals surface area contributed by atoms with E-state index in [9.17, 15) is 13.2 Å². The maximum atomic E-state index is 14.4. The Labute approximate surface area is 359 Å². The summed E-state index contributed by atoms with van der Waals surface area (Å²) >= 11 is 0. The van der Waals surface area contributed by atoms with Crippen LogP contribution in [0, 0.1) is 55.4 Å². The van der Waals surface area contributed by atoms with Gasteiger partial charge in [0.05, 0.1) is 10.6 Å². The third kappa shape index (κ3) is 7.61. The number of anilines is 4. The summed E-state index contributed by atoms with van der Waals surface area (Å²) in [4.78, 5) is 14.0. The monoisotopic (exact) mass is 824 g/mol. The predicted molar refractivity (Wildman–Crippen MR) is 250 cm³/mol. The van der Waals surface area contributed by atoms with Crippen molar-refractivity contribution in [2.24, 2.45) is 0 Å². The first kappa shape index (κ1) is 43.0. The maximum absolute atomic E-state index is 14.4. The molecule has 8 heteroatoms. The van der Waals surface area contributed by atoms with Gasteiger partial charge in [0.15, 0.2) is 0 Å². The van der Waals surface area contributed by atoms with Crippen molar-refractivity contribution < 1.29 is 13.2 Å². The Bertz CT molecular complexity index is 2500. The number of aryl methyl sites for hydroxylation is 8. The highest BCUT2D eigenvalue weighted by atomic mass is 32.2. The molecular formula is C52H64N4O3S. The first-order valence-electron chi connectivity index (χ1n) is 21.8. The number of carbonyl (C=O) groups excluding carboxylic acids is 1.